The fourth-order valence-corrected chi connectivity index (χ4v) is 2.02. The molecule has 1 N–H and O–H groups in total. The lowest BCUT2D eigenvalue weighted by molar-refractivity contribution is 0.415. The van der Waals surface area contributed by atoms with Crippen molar-refractivity contribution in [2.45, 2.75) is 6.92 Å². The molecule has 7 heteroatoms. The molecule has 0 aliphatic rings. The summed E-state index contributed by atoms with van der Waals surface area (Å²) in [6, 6.07) is 7.57. The minimum atomic E-state index is 0.404. The van der Waals surface area contributed by atoms with Crippen LogP contribution in [0.15, 0.2) is 30.6 Å². The van der Waals surface area contributed by atoms with Crippen LogP contribution in [0.4, 0.5) is 11.5 Å². The molecule has 2 heterocycles. The molecule has 0 saturated carbocycles. The maximum Gasteiger partial charge on any atom is 0.255 e. The molecule has 6 nitrogen and oxygen atoms in total. The zero-order chi connectivity index (χ0) is 14.1. The quantitative estimate of drug-likeness (QED) is 0.751. The predicted molar refractivity (Wildman–Crippen MR) is 76.8 cm³/mol. The number of hydrogen-bond acceptors (Lipinski definition) is 5. The van der Waals surface area contributed by atoms with Crippen molar-refractivity contribution in [2.24, 2.45) is 0 Å². The largest absolute Gasteiger partial charge is 0.497 e. The number of benzene rings is 1. The van der Waals surface area contributed by atoms with Gasteiger partial charge in [0.2, 0.25) is 0 Å². The van der Waals surface area contributed by atoms with Crippen LogP contribution in [-0.2, 0) is 0 Å². The van der Waals surface area contributed by atoms with Gasteiger partial charge < -0.3 is 10.1 Å². The standard InChI is InChI=1S/C13H12ClN5O/c1-8-11(14)18-13-15-7-16-19(13)12(8)17-9-3-5-10(20-2)6-4-9/h3-7,17H,1-2H3. The van der Waals surface area contributed by atoms with E-state index in [4.69, 9.17) is 16.3 Å². The molecule has 0 bridgehead atoms. The summed E-state index contributed by atoms with van der Waals surface area (Å²) in [5.74, 6) is 1.99. The Hall–Kier alpha value is -2.34. The highest BCUT2D eigenvalue weighted by Gasteiger charge is 2.12. The molecule has 0 saturated heterocycles. The second kappa shape index (κ2) is 4.97. The molecule has 3 rings (SSSR count). The molecule has 0 aliphatic heterocycles. The van der Waals surface area contributed by atoms with E-state index in [0.717, 1.165) is 22.8 Å². The highest BCUT2D eigenvalue weighted by Crippen LogP contribution is 2.26. The molecule has 102 valence electrons. The lowest BCUT2D eigenvalue weighted by atomic mass is 10.3. The number of fused-ring (bicyclic) bond motifs is 1. The number of aromatic nitrogens is 4. The van der Waals surface area contributed by atoms with Crippen molar-refractivity contribution in [3.63, 3.8) is 0 Å². The van der Waals surface area contributed by atoms with Gasteiger partial charge in [-0.25, -0.2) is 0 Å². The number of methoxy groups -OCH3 is 1. The molecule has 0 unspecified atom stereocenters. The zero-order valence-electron chi connectivity index (χ0n) is 11.0. The SMILES string of the molecule is COc1ccc(Nc2c(C)c(Cl)nc3ncnn23)cc1. The average molecular weight is 290 g/mol. The van der Waals surface area contributed by atoms with Gasteiger partial charge in [0, 0.05) is 11.3 Å². The molecule has 0 radical (unpaired) electrons. The molecule has 0 aliphatic carbocycles. The van der Waals surface area contributed by atoms with E-state index < -0.39 is 0 Å². The van der Waals surface area contributed by atoms with Gasteiger partial charge in [-0.3, -0.25) is 0 Å². The zero-order valence-corrected chi connectivity index (χ0v) is 11.7. The number of hydrogen-bond donors (Lipinski definition) is 1. The van der Waals surface area contributed by atoms with Gasteiger partial charge in [0.15, 0.2) is 0 Å². The summed E-state index contributed by atoms with van der Waals surface area (Å²) in [5.41, 5.74) is 1.70. The van der Waals surface area contributed by atoms with Gasteiger partial charge in [0.05, 0.1) is 7.11 Å². The fraction of sp³-hybridized carbons (Fsp3) is 0.154. The normalized spacial score (nSPS) is 10.8. The molecular formula is C13H12ClN5O. The summed E-state index contributed by atoms with van der Waals surface area (Å²) in [7, 11) is 1.63. The summed E-state index contributed by atoms with van der Waals surface area (Å²) < 4.78 is 6.75. The van der Waals surface area contributed by atoms with E-state index in [2.05, 4.69) is 20.4 Å². The van der Waals surface area contributed by atoms with Crippen LogP contribution >= 0.6 is 11.6 Å². The summed E-state index contributed by atoms with van der Waals surface area (Å²) in [4.78, 5) is 8.21. The topological polar surface area (TPSA) is 64.3 Å². The Labute approximate surface area is 120 Å². The lowest BCUT2D eigenvalue weighted by Crippen LogP contribution is -2.04. The second-order valence-corrected chi connectivity index (χ2v) is 4.56. The van der Waals surface area contributed by atoms with E-state index in [1.807, 2.05) is 31.2 Å². The number of nitrogens with one attached hydrogen (secondary N) is 1. The first-order valence-electron chi connectivity index (χ1n) is 5.96. The van der Waals surface area contributed by atoms with Crippen molar-refractivity contribution in [3.8, 4) is 5.75 Å². The first-order chi connectivity index (χ1) is 9.69. The molecule has 20 heavy (non-hydrogen) atoms. The maximum atomic E-state index is 6.11. The summed E-state index contributed by atoms with van der Waals surface area (Å²) in [5, 5.41) is 7.83. The van der Waals surface area contributed by atoms with Gasteiger partial charge in [-0.2, -0.15) is 19.6 Å². The van der Waals surface area contributed by atoms with Crippen LogP contribution in [0, 0.1) is 6.92 Å². The van der Waals surface area contributed by atoms with Crippen LogP contribution in [0.5, 0.6) is 5.75 Å². The molecular weight excluding hydrogens is 278 g/mol. The van der Waals surface area contributed by atoms with Crippen LogP contribution in [0.2, 0.25) is 5.15 Å². The number of halogens is 1. The molecule has 0 spiro atoms. The third kappa shape index (κ3) is 2.14. The molecule has 0 amide bonds. The van der Waals surface area contributed by atoms with E-state index in [1.165, 1.54) is 6.33 Å². The molecule has 0 fully saturated rings. The molecule has 0 atom stereocenters. The van der Waals surface area contributed by atoms with E-state index >= 15 is 0 Å². The third-order valence-corrected chi connectivity index (χ3v) is 3.33. The Morgan fingerprint density at radius 2 is 2.00 bits per heavy atom. The lowest BCUT2D eigenvalue weighted by Gasteiger charge is -2.12. The number of rotatable bonds is 3. The summed E-state index contributed by atoms with van der Waals surface area (Å²) >= 11 is 6.11. The van der Waals surface area contributed by atoms with Crippen LogP contribution in [0.1, 0.15) is 5.56 Å². The number of ether oxygens (including phenoxy) is 1. The van der Waals surface area contributed by atoms with E-state index in [-0.39, 0.29) is 0 Å². The molecule has 1 aromatic carbocycles. The van der Waals surface area contributed by atoms with Crippen LogP contribution in [0.3, 0.4) is 0 Å². The Balaban J connectivity index is 2.04. The molecule has 2 aromatic heterocycles. The van der Waals surface area contributed by atoms with Crippen LogP contribution < -0.4 is 10.1 Å². The van der Waals surface area contributed by atoms with Crippen molar-refractivity contribution < 1.29 is 4.74 Å². The first kappa shape index (κ1) is 12.7. The first-order valence-corrected chi connectivity index (χ1v) is 6.34. The van der Waals surface area contributed by atoms with Gasteiger partial charge in [-0.05, 0) is 31.2 Å². The van der Waals surface area contributed by atoms with Gasteiger partial charge in [0.1, 0.15) is 23.0 Å². The smallest absolute Gasteiger partial charge is 0.255 e. The highest BCUT2D eigenvalue weighted by molar-refractivity contribution is 6.30. The van der Waals surface area contributed by atoms with E-state index in [0.29, 0.717) is 10.9 Å². The van der Waals surface area contributed by atoms with Crippen molar-refractivity contribution in [3.05, 3.63) is 41.3 Å². The monoisotopic (exact) mass is 289 g/mol. The minimum absolute atomic E-state index is 0.404. The fourth-order valence-electron chi connectivity index (χ4n) is 1.86. The highest BCUT2D eigenvalue weighted by atomic mass is 35.5. The third-order valence-electron chi connectivity index (χ3n) is 2.96. The van der Waals surface area contributed by atoms with Gasteiger partial charge in [-0.1, -0.05) is 11.6 Å². The van der Waals surface area contributed by atoms with Gasteiger partial charge >= 0.3 is 0 Å². The van der Waals surface area contributed by atoms with Gasteiger partial charge in [-0.15, -0.1) is 0 Å². The number of anilines is 2. The van der Waals surface area contributed by atoms with Crippen LogP contribution in [0.25, 0.3) is 5.78 Å². The van der Waals surface area contributed by atoms with E-state index in [9.17, 15) is 0 Å². The summed E-state index contributed by atoms with van der Waals surface area (Å²) in [6.45, 7) is 1.88. The van der Waals surface area contributed by atoms with Crippen molar-refractivity contribution >= 4 is 28.9 Å². The second-order valence-electron chi connectivity index (χ2n) is 4.20. The number of nitrogens with zero attached hydrogens (tertiary/aromatic N) is 4. The predicted octanol–water partition coefficient (Wildman–Crippen LogP) is 2.84. The minimum Gasteiger partial charge on any atom is -0.497 e. The van der Waals surface area contributed by atoms with Crippen molar-refractivity contribution in [2.75, 3.05) is 12.4 Å². The summed E-state index contributed by atoms with van der Waals surface area (Å²) in [6.07, 6.45) is 1.44. The van der Waals surface area contributed by atoms with Crippen molar-refractivity contribution in [1.82, 2.24) is 19.6 Å². The molecule has 3 aromatic rings. The maximum absolute atomic E-state index is 6.11. The van der Waals surface area contributed by atoms with Gasteiger partial charge in [0.25, 0.3) is 5.78 Å². The Morgan fingerprint density at radius 1 is 1.25 bits per heavy atom. The van der Waals surface area contributed by atoms with Crippen LogP contribution in [-0.4, -0.2) is 26.7 Å². The Bertz CT molecular complexity index is 753. The van der Waals surface area contributed by atoms with E-state index in [1.54, 1.807) is 11.6 Å². The average Bonchev–Trinajstić information content (AvgIpc) is 2.92. The Kier molecular flexibility index (Phi) is 3.15. The Morgan fingerprint density at radius 3 is 2.70 bits per heavy atom. The van der Waals surface area contributed by atoms with Crippen molar-refractivity contribution in [1.29, 1.82) is 0 Å².